The van der Waals surface area contributed by atoms with Gasteiger partial charge in [-0.3, -0.25) is 4.79 Å². The van der Waals surface area contributed by atoms with Gasteiger partial charge in [-0.05, 0) is 52.7 Å². The van der Waals surface area contributed by atoms with E-state index in [1.54, 1.807) is 6.20 Å². The van der Waals surface area contributed by atoms with Crippen LogP contribution in [0.15, 0.2) is 46.1 Å². The predicted molar refractivity (Wildman–Crippen MR) is 80.9 cm³/mol. The molecule has 5 nitrogen and oxygen atoms in total. The standard InChI is InChI=1S/C14H14BrN3O2/c1-10-4-5-13(12(15)7-10)20-9-14(19)18-17-8-11-3-2-6-16-11/h2-8,16H,9H2,1H3,(H,18,19)/b17-8+. The average Bonchev–Trinajstić information content (AvgIpc) is 2.91. The molecule has 0 radical (unpaired) electrons. The highest BCUT2D eigenvalue weighted by Gasteiger charge is 2.04. The lowest BCUT2D eigenvalue weighted by Crippen LogP contribution is -2.24. The van der Waals surface area contributed by atoms with E-state index < -0.39 is 0 Å². The number of nitrogens with zero attached hydrogens (tertiary/aromatic N) is 1. The molecule has 2 rings (SSSR count). The van der Waals surface area contributed by atoms with Crippen molar-refractivity contribution >= 4 is 28.1 Å². The van der Waals surface area contributed by atoms with Crippen molar-refractivity contribution in [2.24, 2.45) is 5.10 Å². The Morgan fingerprint density at radius 2 is 2.35 bits per heavy atom. The second kappa shape index (κ2) is 6.91. The molecule has 0 unspecified atom stereocenters. The summed E-state index contributed by atoms with van der Waals surface area (Å²) in [4.78, 5) is 14.5. The quantitative estimate of drug-likeness (QED) is 0.651. The summed E-state index contributed by atoms with van der Waals surface area (Å²) in [5, 5.41) is 3.82. The molecule has 1 aromatic heterocycles. The predicted octanol–water partition coefficient (Wildman–Crippen LogP) is 2.61. The summed E-state index contributed by atoms with van der Waals surface area (Å²) in [6, 6.07) is 9.35. The molecule has 0 spiro atoms. The monoisotopic (exact) mass is 335 g/mol. The molecule has 104 valence electrons. The van der Waals surface area contributed by atoms with Crippen molar-refractivity contribution < 1.29 is 9.53 Å². The summed E-state index contributed by atoms with van der Waals surface area (Å²) in [6.07, 6.45) is 3.31. The third kappa shape index (κ3) is 4.24. The number of rotatable bonds is 5. The number of halogens is 1. The number of aromatic amines is 1. The van der Waals surface area contributed by atoms with Gasteiger partial charge >= 0.3 is 0 Å². The van der Waals surface area contributed by atoms with Crippen LogP contribution in [0.1, 0.15) is 11.3 Å². The van der Waals surface area contributed by atoms with E-state index >= 15 is 0 Å². The maximum Gasteiger partial charge on any atom is 0.277 e. The van der Waals surface area contributed by atoms with Gasteiger partial charge in [-0.2, -0.15) is 5.10 Å². The third-order valence-corrected chi connectivity index (χ3v) is 3.08. The molecular weight excluding hydrogens is 322 g/mol. The highest BCUT2D eigenvalue weighted by Crippen LogP contribution is 2.25. The van der Waals surface area contributed by atoms with Gasteiger partial charge in [0.05, 0.1) is 16.4 Å². The molecule has 0 bridgehead atoms. The summed E-state index contributed by atoms with van der Waals surface area (Å²) < 4.78 is 6.22. The van der Waals surface area contributed by atoms with Crippen molar-refractivity contribution in [1.29, 1.82) is 0 Å². The normalized spacial score (nSPS) is 10.7. The van der Waals surface area contributed by atoms with E-state index in [9.17, 15) is 4.79 Å². The van der Waals surface area contributed by atoms with Gasteiger partial charge < -0.3 is 9.72 Å². The smallest absolute Gasteiger partial charge is 0.277 e. The molecule has 1 heterocycles. The Hall–Kier alpha value is -2.08. The first-order valence-corrected chi connectivity index (χ1v) is 6.78. The minimum absolute atomic E-state index is 0.0935. The summed E-state index contributed by atoms with van der Waals surface area (Å²) >= 11 is 3.39. The van der Waals surface area contributed by atoms with E-state index in [1.165, 1.54) is 6.21 Å². The third-order valence-electron chi connectivity index (χ3n) is 2.46. The van der Waals surface area contributed by atoms with E-state index in [4.69, 9.17) is 4.74 Å². The highest BCUT2D eigenvalue weighted by atomic mass is 79.9. The van der Waals surface area contributed by atoms with Crippen LogP contribution < -0.4 is 10.2 Å². The van der Waals surface area contributed by atoms with Gasteiger partial charge in [0.15, 0.2) is 6.61 Å². The number of ether oxygens (including phenoxy) is 1. The van der Waals surface area contributed by atoms with Crippen LogP contribution in [0.4, 0.5) is 0 Å². The number of H-pyrrole nitrogens is 1. The molecule has 2 N–H and O–H groups in total. The zero-order valence-electron chi connectivity index (χ0n) is 10.9. The molecule has 0 fully saturated rings. The first-order valence-electron chi connectivity index (χ1n) is 5.99. The number of hydrazone groups is 1. The number of hydrogen-bond acceptors (Lipinski definition) is 3. The lowest BCUT2D eigenvalue weighted by molar-refractivity contribution is -0.123. The fourth-order valence-corrected chi connectivity index (χ4v) is 2.10. The Labute approximate surface area is 125 Å². The summed E-state index contributed by atoms with van der Waals surface area (Å²) in [7, 11) is 0. The summed E-state index contributed by atoms with van der Waals surface area (Å²) in [5.41, 5.74) is 4.32. The van der Waals surface area contributed by atoms with Crippen LogP contribution in [0.25, 0.3) is 0 Å². The summed E-state index contributed by atoms with van der Waals surface area (Å²) in [6.45, 7) is 1.89. The van der Waals surface area contributed by atoms with E-state index in [-0.39, 0.29) is 12.5 Å². The first kappa shape index (κ1) is 14.3. The molecule has 0 aliphatic rings. The van der Waals surface area contributed by atoms with E-state index in [0.717, 1.165) is 15.7 Å². The van der Waals surface area contributed by atoms with E-state index in [0.29, 0.717) is 5.75 Å². The molecule has 0 aliphatic carbocycles. The fourth-order valence-electron chi connectivity index (χ4n) is 1.50. The Bertz CT molecular complexity index is 609. The van der Waals surface area contributed by atoms with Crippen LogP contribution in [0.2, 0.25) is 0 Å². The average molecular weight is 336 g/mol. The Morgan fingerprint density at radius 1 is 1.50 bits per heavy atom. The topological polar surface area (TPSA) is 66.5 Å². The number of carbonyl (C=O) groups is 1. The van der Waals surface area contributed by atoms with Crippen LogP contribution in [-0.4, -0.2) is 23.7 Å². The number of hydrogen-bond donors (Lipinski definition) is 2. The maximum atomic E-state index is 11.5. The highest BCUT2D eigenvalue weighted by molar-refractivity contribution is 9.10. The van der Waals surface area contributed by atoms with Crippen LogP contribution in [0.5, 0.6) is 5.75 Å². The van der Waals surface area contributed by atoms with Crippen molar-refractivity contribution in [3.63, 3.8) is 0 Å². The van der Waals surface area contributed by atoms with Crippen LogP contribution in [0, 0.1) is 6.92 Å². The minimum Gasteiger partial charge on any atom is -0.483 e. The fraction of sp³-hybridized carbons (Fsp3) is 0.143. The number of amides is 1. The van der Waals surface area contributed by atoms with E-state index in [2.05, 4.69) is 31.4 Å². The van der Waals surface area contributed by atoms with Crippen molar-refractivity contribution in [2.75, 3.05) is 6.61 Å². The lowest BCUT2D eigenvalue weighted by Gasteiger charge is -2.07. The Kier molecular flexibility index (Phi) is 4.95. The van der Waals surface area contributed by atoms with Crippen LogP contribution in [0.3, 0.4) is 0 Å². The van der Waals surface area contributed by atoms with Gasteiger partial charge in [-0.15, -0.1) is 0 Å². The Balaban J connectivity index is 1.80. The largest absolute Gasteiger partial charge is 0.483 e. The molecule has 0 aliphatic heterocycles. The van der Waals surface area contributed by atoms with Gasteiger partial charge in [0.2, 0.25) is 0 Å². The number of carbonyl (C=O) groups excluding carboxylic acids is 1. The van der Waals surface area contributed by atoms with Crippen molar-refractivity contribution in [3.8, 4) is 5.75 Å². The van der Waals surface area contributed by atoms with Crippen LogP contribution >= 0.6 is 15.9 Å². The molecule has 20 heavy (non-hydrogen) atoms. The van der Waals surface area contributed by atoms with Gasteiger partial charge in [-0.25, -0.2) is 5.43 Å². The van der Waals surface area contributed by atoms with Gasteiger partial charge in [0.25, 0.3) is 5.91 Å². The molecule has 0 saturated heterocycles. The SMILES string of the molecule is Cc1ccc(OCC(=O)N/N=C/c2ccc[nH]2)c(Br)c1. The van der Waals surface area contributed by atoms with E-state index in [1.807, 2.05) is 37.3 Å². The molecule has 1 aromatic carbocycles. The zero-order chi connectivity index (χ0) is 14.4. The number of aromatic nitrogens is 1. The Morgan fingerprint density at radius 3 is 3.05 bits per heavy atom. The molecule has 6 heteroatoms. The number of aryl methyl sites for hydroxylation is 1. The van der Waals surface area contributed by atoms with Gasteiger partial charge in [-0.1, -0.05) is 6.07 Å². The zero-order valence-corrected chi connectivity index (χ0v) is 12.5. The van der Waals surface area contributed by atoms with Crippen molar-refractivity contribution in [3.05, 3.63) is 52.3 Å². The summed E-state index contributed by atoms with van der Waals surface area (Å²) in [5.74, 6) is 0.305. The van der Waals surface area contributed by atoms with Gasteiger partial charge in [0, 0.05) is 6.20 Å². The second-order valence-corrected chi connectivity index (χ2v) is 5.00. The van der Waals surface area contributed by atoms with Gasteiger partial charge in [0.1, 0.15) is 5.75 Å². The maximum absolute atomic E-state index is 11.5. The number of nitrogens with one attached hydrogen (secondary N) is 2. The lowest BCUT2D eigenvalue weighted by atomic mass is 10.2. The van der Waals surface area contributed by atoms with Crippen LogP contribution in [-0.2, 0) is 4.79 Å². The molecular formula is C14H14BrN3O2. The van der Waals surface area contributed by atoms with Crippen molar-refractivity contribution in [1.82, 2.24) is 10.4 Å². The second-order valence-electron chi connectivity index (χ2n) is 4.14. The van der Waals surface area contributed by atoms with Crippen molar-refractivity contribution in [2.45, 2.75) is 6.92 Å². The number of benzene rings is 1. The first-order chi connectivity index (χ1) is 9.65. The molecule has 1 amide bonds. The molecule has 0 atom stereocenters. The minimum atomic E-state index is -0.319. The molecule has 2 aromatic rings. The molecule has 0 saturated carbocycles.